The molecule has 0 radical (unpaired) electrons. The maximum atomic E-state index is 12.8. The summed E-state index contributed by atoms with van der Waals surface area (Å²) in [4.78, 5) is 31.3. The monoisotopic (exact) mass is 464 g/mol. The highest BCUT2D eigenvalue weighted by Gasteiger charge is 2.16. The van der Waals surface area contributed by atoms with Gasteiger partial charge in [0, 0.05) is 36.1 Å². The number of carbonyl (C=O) groups is 2. The number of fused-ring (bicyclic) bond motifs is 2. The summed E-state index contributed by atoms with van der Waals surface area (Å²) < 4.78 is 7.76. The fourth-order valence-corrected chi connectivity index (χ4v) is 3.94. The molecule has 0 aliphatic heterocycles. The van der Waals surface area contributed by atoms with Crippen LogP contribution in [0.2, 0.25) is 0 Å². The average Bonchev–Trinajstić information content (AvgIpc) is 3.31. The molecule has 0 aliphatic carbocycles. The molecule has 7 nitrogen and oxygen atoms in total. The van der Waals surface area contributed by atoms with E-state index in [1.807, 2.05) is 77.5 Å². The van der Waals surface area contributed by atoms with Crippen LogP contribution in [0.15, 0.2) is 97.3 Å². The van der Waals surface area contributed by atoms with Gasteiger partial charge < -0.3 is 19.4 Å². The van der Waals surface area contributed by atoms with Gasteiger partial charge in [-0.3, -0.25) is 9.59 Å². The first-order valence-electron chi connectivity index (χ1n) is 11.3. The van der Waals surface area contributed by atoms with Gasteiger partial charge in [0.2, 0.25) is 5.91 Å². The number of aromatic nitrogens is 2. The molecule has 3 aromatic carbocycles. The van der Waals surface area contributed by atoms with Crippen molar-refractivity contribution in [2.75, 3.05) is 18.9 Å². The second kappa shape index (κ2) is 9.69. The molecule has 0 saturated carbocycles. The van der Waals surface area contributed by atoms with Crippen molar-refractivity contribution < 1.29 is 14.3 Å². The largest absolute Gasteiger partial charge is 0.487 e. The number of anilines is 1. The molecule has 2 aromatic heterocycles. The van der Waals surface area contributed by atoms with Crippen LogP contribution in [0.3, 0.4) is 0 Å². The predicted octanol–water partition coefficient (Wildman–Crippen LogP) is 4.78. The Morgan fingerprint density at radius 3 is 2.54 bits per heavy atom. The molecule has 2 heterocycles. The second-order valence-electron chi connectivity index (χ2n) is 8.25. The lowest BCUT2D eigenvalue weighted by Gasteiger charge is -2.17. The minimum Gasteiger partial charge on any atom is -0.487 e. The lowest BCUT2D eigenvalue weighted by Crippen LogP contribution is -2.34. The van der Waals surface area contributed by atoms with Gasteiger partial charge in [0.1, 0.15) is 18.0 Å². The van der Waals surface area contributed by atoms with Crippen molar-refractivity contribution in [3.8, 4) is 5.75 Å². The minimum atomic E-state index is -0.260. The van der Waals surface area contributed by atoms with E-state index in [-0.39, 0.29) is 18.4 Å². The Bertz CT molecular complexity index is 1470. The van der Waals surface area contributed by atoms with Gasteiger partial charge in [-0.05, 0) is 47.9 Å². The number of benzene rings is 3. The van der Waals surface area contributed by atoms with Gasteiger partial charge in [0.25, 0.3) is 5.91 Å². The summed E-state index contributed by atoms with van der Waals surface area (Å²) in [6.07, 6.45) is 3.86. The van der Waals surface area contributed by atoms with Crippen LogP contribution in [0.25, 0.3) is 16.4 Å². The Labute approximate surface area is 202 Å². The van der Waals surface area contributed by atoms with E-state index in [1.54, 1.807) is 31.3 Å². The number of imidazole rings is 1. The van der Waals surface area contributed by atoms with E-state index in [1.165, 1.54) is 4.90 Å². The van der Waals surface area contributed by atoms with Crippen molar-refractivity contribution in [2.24, 2.45) is 0 Å². The molecule has 0 atom stereocenters. The number of carbonyl (C=O) groups excluding carboxylic acids is 2. The molecule has 0 aliphatic rings. The molecule has 0 fully saturated rings. The van der Waals surface area contributed by atoms with Crippen LogP contribution in [0, 0.1) is 0 Å². The maximum absolute atomic E-state index is 12.8. The first-order valence-corrected chi connectivity index (χ1v) is 11.3. The van der Waals surface area contributed by atoms with E-state index < -0.39 is 0 Å². The highest BCUT2D eigenvalue weighted by molar-refractivity contribution is 6.04. The number of amides is 2. The lowest BCUT2D eigenvalue weighted by atomic mass is 10.1. The van der Waals surface area contributed by atoms with E-state index in [0.717, 1.165) is 27.8 Å². The zero-order valence-electron chi connectivity index (χ0n) is 19.2. The summed E-state index contributed by atoms with van der Waals surface area (Å²) in [7, 11) is 1.61. The zero-order chi connectivity index (χ0) is 24.2. The Balaban J connectivity index is 1.17. The highest BCUT2D eigenvalue weighted by atomic mass is 16.5. The standard InChI is InChI=1S/C28H24N4O3/c1-31(18-27(33)30-25-10-6-8-20-7-2-3-9-24(20)25)28(34)21-12-14-23(15-13-21)35-19-22-17-32-16-5-4-11-26(32)29-22/h2-17H,18-19H2,1H3,(H,30,33). The third-order valence-electron chi connectivity index (χ3n) is 5.69. The molecular weight excluding hydrogens is 440 g/mol. The van der Waals surface area contributed by atoms with Crippen LogP contribution in [-0.2, 0) is 11.4 Å². The minimum absolute atomic E-state index is 0.0613. The van der Waals surface area contributed by atoms with E-state index in [9.17, 15) is 9.59 Å². The first kappa shape index (κ1) is 22.2. The fourth-order valence-electron chi connectivity index (χ4n) is 3.94. The van der Waals surface area contributed by atoms with Gasteiger partial charge >= 0.3 is 0 Å². The summed E-state index contributed by atoms with van der Waals surface area (Å²) in [5.74, 6) is 0.129. The molecule has 5 rings (SSSR count). The van der Waals surface area contributed by atoms with Crippen LogP contribution in [-0.4, -0.2) is 39.7 Å². The number of hydrogen-bond acceptors (Lipinski definition) is 4. The van der Waals surface area contributed by atoms with Crippen LogP contribution < -0.4 is 10.1 Å². The van der Waals surface area contributed by atoms with Gasteiger partial charge in [0.05, 0.1) is 12.2 Å². The summed E-state index contributed by atoms with van der Waals surface area (Å²) in [5.41, 5.74) is 2.87. The third-order valence-corrected chi connectivity index (χ3v) is 5.69. The molecule has 174 valence electrons. The smallest absolute Gasteiger partial charge is 0.254 e. The first-order chi connectivity index (χ1) is 17.1. The Hall–Kier alpha value is -4.65. The predicted molar refractivity (Wildman–Crippen MR) is 136 cm³/mol. The summed E-state index contributed by atoms with van der Waals surface area (Å²) in [5, 5.41) is 4.91. The number of likely N-dealkylation sites (N-methyl/N-ethyl adjacent to an activating group) is 1. The van der Waals surface area contributed by atoms with E-state index >= 15 is 0 Å². The molecule has 5 aromatic rings. The topological polar surface area (TPSA) is 75.9 Å². The van der Waals surface area contributed by atoms with E-state index in [0.29, 0.717) is 17.9 Å². The quantitative estimate of drug-likeness (QED) is 0.376. The lowest BCUT2D eigenvalue weighted by molar-refractivity contribution is -0.116. The normalized spacial score (nSPS) is 10.9. The van der Waals surface area contributed by atoms with Gasteiger partial charge in [-0.1, -0.05) is 42.5 Å². The highest BCUT2D eigenvalue weighted by Crippen LogP contribution is 2.23. The molecule has 35 heavy (non-hydrogen) atoms. The SMILES string of the molecule is CN(CC(=O)Nc1cccc2ccccc12)C(=O)c1ccc(OCc2cn3ccccc3n2)cc1. The van der Waals surface area contributed by atoms with Crippen LogP contribution in [0.4, 0.5) is 5.69 Å². The van der Waals surface area contributed by atoms with Crippen molar-refractivity contribution in [2.45, 2.75) is 6.61 Å². The number of ether oxygens (including phenoxy) is 1. The average molecular weight is 465 g/mol. The molecule has 0 saturated heterocycles. The summed E-state index contributed by atoms with van der Waals surface area (Å²) in [6.45, 7) is 0.261. The Morgan fingerprint density at radius 2 is 1.71 bits per heavy atom. The number of pyridine rings is 1. The van der Waals surface area contributed by atoms with Gasteiger partial charge in [0.15, 0.2) is 0 Å². The van der Waals surface area contributed by atoms with Crippen molar-refractivity contribution in [3.63, 3.8) is 0 Å². The van der Waals surface area contributed by atoms with Crippen LogP contribution >= 0.6 is 0 Å². The number of nitrogens with one attached hydrogen (secondary N) is 1. The Kier molecular flexibility index (Phi) is 6.13. The second-order valence-corrected chi connectivity index (χ2v) is 8.25. The summed E-state index contributed by atoms with van der Waals surface area (Å²) in [6, 6.07) is 26.3. The van der Waals surface area contributed by atoms with Crippen molar-refractivity contribution in [1.82, 2.24) is 14.3 Å². The number of nitrogens with zero attached hydrogens (tertiary/aromatic N) is 3. The molecule has 0 spiro atoms. The molecule has 0 unspecified atom stereocenters. The van der Waals surface area contributed by atoms with E-state index in [4.69, 9.17) is 4.74 Å². The molecule has 7 heteroatoms. The maximum Gasteiger partial charge on any atom is 0.254 e. The zero-order valence-corrected chi connectivity index (χ0v) is 19.2. The molecule has 1 N–H and O–H groups in total. The van der Waals surface area contributed by atoms with Crippen molar-refractivity contribution in [1.29, 1.82) is 0 Å². The van der Waals surface area contributed by atoms with Gasteiger partial charge in [-0.2, -0.15) is 0 Å². The summed E-state index contributed by atoms with van der Waals surface area (Å²) >= 11 is 0. The molecule has 0 bridgehead atoms. The third kappa shape index (κ3) is 4.99. The van der Waals surface area contributed by atoms with Crippen molar-refractivity contribution >= 4 is 33.9 Å². The fraction of sp³-hybridized carbons (Fsp3) is 0.107. The van der Waals surface area contributed by atoms with Gasteiger partial charge in [-0.25, -0.2) is 4.98 Å². The number of rotatable bonds is 7. The van der Waals surface area contributed by atoms with Crippen LogP contribution in [0.1, 0.15) is 16.1 Å². The number of hydrogen-bond donors (Lipinski definition) is 1. The van der Waals surface area contributed by atoms with Gasteiger partial charge in [-0.15, -0.1) is 0 Å². The van der Waals surface area contributed by atoms with E-state index in [2.05, 4.69) is 10.3 Å². The van der Waals surface area contributed by atoms with Crippen molar-refractivity contribution in [3.05, 3.63) is 109 Å². The van der Waals surface area contributed by atoms with Crippen LogP contribution in [0.5, 0.6) is 5.75 Å². The Morgan fingerprint density at radius 1 is 0.943 bits per heavy atom. The molecular formula is C28H24N4O3. The molecule has 2 amide bonds.